The topological polar surface area (TPSA) is 66.5 Å². The summed E-state index contributed by atoms with van der Waals surface area (Å²) >= 11 is 0. The van der Waals surface area contributed by atoms with Gasteiger partial charge in [-0.1, -0.05) is 37.3 Å². The van der Waals surface area contributed by atoms with E-state index in [1.54, 1.807) is 24.3 Å². The predicted octanol–water partition coefficient (Wildman–Crippen LogP) is 5.08. The Balaban J connectivity index is 1.75. The number of hydrogen-bond acceptors (Lipinski definition) is 3. The number of aryl methyl sites for hydroxylation is 3. The van der Waals surface area contributed by atoms with Crippen molar-refractivity contribution in [1.29, 1.82) is 0 Å². The Morgan fingerprint density at radius 2 is 1.48 bits per heavy atom. The third kappa shape index (κ3) is 5.73. The van der Waals surface area contributed by atoms with Crippen molar-refractivity contribution in [2.24, 2.45) is 0 Å². The highest BCUT2D eigenvalue weighted by Gasteiger charge is 2.18. The smallest absolute Gasteiger partial charge is 0.255 e. The van der Waals surface area contributed by atoms with E-state index in [1.165, 1.54) is 16.1 Å². The van der Waals surface area contributed by atoms with Gasteiger partial charge in [0.2, 0.25) is 10.0 Å². The Morgan fingerprint density at radius 3 is 2.03 bits per heavy atom. The number of carbonyl (C=O) groups excluding carboxylic acids is 1. The van der Waals surface area contributed by atoms with Crippen molar-refractivity contribution in [1.82, 2.24) is 0 Å². The van der Waals surface area contributed by atoms with E-state index in [4.69, 9.17) is 0 Å². The fraction of sp³-hybridized carbons (Fsp3) is 0.240. The highest BCUT2D eigenvalue weighted by atomic mass is 32.2. The number of rotatable bonds is 7. The van der Waals surface area contributed by atoms with Crippen LogP contribution in [-0.4, -0.2) is 20.6 Å². The van der Waals surface area contributed by atoms with Crippen LogP contribution >= 0.6 is 0 Å². The molecule has 0 heterocycles. The minimum Gasteiger partial charge on any atom is -0.322 e. The molecule has 0 aliphatic heterocycles. The van der Waals surface area contributed by atoms with Crippen LogP contribution < -0.4 is 9.62 Å². The Hall–Kier alpha value is -3.12. The first kappa shape index (κ1) is 22.6. The van der Waals surface area contributed by atoms with Crippen LogP contribution in [-0.2, 0) is 23.0 Å². The predicted molar refractivity (Wildman–Crippen MR) is 127 cm³/mol. The van der Waals surface area contributed by atoms with E-state index >= 15 is 0 Å². The molecule has 162 valence electrons. The molecular formula is C25H28N2O3S. The zero-order valence-corrected chi connectivity index (χ0v) is 19.2. The van der Waals surface area contributed by atoms with E-state index < -0.39 is 10.0 Å². The first-order chi connectivity index (χ1) is 14.7. The number of amides is 1. The lowest BCUT2D eigenvalue weighted by Crippen LogP contribution is -2.29. The molecule has 0 spiro atoms. The molecule has 3 aromatic rings. The summed E-state index contributed by atoms with van der Waals surface area (Å²) in [5.41, 5.74) is 6.03. The second-order valence-electron chi connectivity index (χ2n) is 7.74. The molecule has 0 aliphatic carbocycles. The molecule has 1 amide bonds. The molecule has 1 N–H and O–H groups in total. The highest BCUT2D eigenvalue weighted by Crippen LogP contribution is 2.24. The van der Waals surface area contributed by atoms with E-state index in [-0.39, 0.29) is 12.5 Å². The lowest BCUT2D eigenvalue weighted by atomic mass is 10.1. The number of sulfonamides is 1. The molecular weight excluding hydrogens is 408 g/mol. The molecule has 3 aromatic carbocycles. The molecule has 0 fully saturated rings. The molecule has 0 atom stereocenters. The number of benzene rings is 3. The largest absolute Gasteiger partial charge is 0.322 e. The summed E-state index contributed by atoms with van der Waals surface area (Å²) in [5, 5.41) is 2.89. The number of nitrogens with one attached hydrogen (secondary N) is 1. The third-order valence-electron chi connectivity index (χ3n) is 5.34. The SMILES string of the molecule is CCc1ccc(NC(=O)c2ccc(CN(c3ccc(C)c(C)c3)S(C)(=O)=O)cc2)cc1. The van der Waals surface area contributed by atoms with Crippen molar-refractivity contribution in [2.75, 3.05) is 15.9 Å². The second-order valence-corrected chi connectivity index (χ2v) is 9.65. The molecule has 0 saturated heterocycles. The molecule has 3 rings (SSSR count). The minimum atomic E-state index is -3.46. The summed E-state index contributed by atoms with van der Waals surface area (Å²) in [6.45, 7) is 6.23. The van der Waals surface area contributed by atoms with Crippen LogP contribution in [0.1, 0.15) is 39.5 Å². The standard InChI is InChI=1S/C25H28N2O3S/c1-5-20-9-13-23(14-10-20)26-25(28)22-11-7-21(8-12-22)17-27(31(4,29)30)24-15-6-18(2)19(3)16-24/h6-16H,5,17H2,1-4H3,(H,26,28). The van der Waals surface area contributed by atoms with E-state index in [2.05, 4.69) is 12.2 Å². The van der Waals surface area contributed by atoms with Crippen LogP contribution in [0.2, 0.25) is 0 Å². The summed E-state index contributed by atoms with van der Waals surface area (Å²) in [5.74, 6) is -0.204. The Labute approximate surface area is 184 Å². The van der Waals surface area contributed by atoms with E-state index in [0.717, 1.165) is 28.8 Å². The van der Waals surface area contributed by atoms with Crippen LogP contribution in [0.15, 0.2) is 66.7 Å². The van der Waals surface area contributed by atoms with Crippen molar-refractivity contribution in [3.05, 3.63) is 94.5 Å². The van der Waals surface area contributed by atoms with E-state index in [9.17, 15) is 13.2 Å². The van der Waals surface area contributed by atoms with Crippen LogP contribution in [0.25, 0.3) is 0 Å². The maximum atomic E-state index is 12.5. The van der Waals surface area contributed by atoms with Gasteiger partial charge in [0.05, 0.1) is 18.5 Å². The van der Waals surface area contributed by atoms with Gasteiger partial charge in [0.25, 0.3) is 5.91 Å². The normalized spacial score (nSPS) is 11.2. The lowest BCUT2D eigenvalue weighted by molar-refractivity contribution is 0.102. The minimum absolute atomic E-state index is 0.196. The van der Waals surface area contributed by atoms with Gasteiger partial charge in [-0.05, 0) is 78.9 Å². The summed E-state index contributed by atoms with van der Waals surface area (Å²) < 4.78 is 26.2. The maximum absolute atomic E-state index is 12.5. The van der Waals surface area contributed by atoms with Gasteiger partial charge in [-0.15, -0.1) is 0 Å². The summed E-state index contributed by atoms with van der Waals surface area (Å²) in [6.07, 6.45) is 2.15. The third-order valence-corrected chi connectivity index (χ3v) is 6.48. The number of carbonyl (C=O) groups is 1. The summed E-state index contributed by atoms with van der Waals surface area (Å²) in [4.78, 5) is 12.5. The maximum Gasteiger partial charge on any atom is 0.255 e. The molecule has 5 nitrogen and oxygen atoms in total. The van der Waals surface area contributed by atoms with Gasteiger partial charge in [0.15, 0.2) is 0 Å². The van der Waals surface area contributed by atoms with E-state index in [1.807, 2.05) is 56.3 Å². The number of hydrogen-bond donors (Lipinski definition) is 1. The van der Waals surface area contributed by atoms with Gasteiger partial charge >= 0.3 is 0 Å². The van der Waals surface area contributed by atoms with Gasteiger partial charge < -0.3 is 5.32 Å². The molecule has 0 aliphatic rings. The van der Waals surface area contributed by atoms with Crippen molar-refractivity contribution >= 4 is 27.3 Å². The fourth-order valence-electron chi connectivity index (χ4n) is 3.24. The molecule has 31 heavy (non-hydrogen) atoms. The van der Waals surface area contributed by atoms with Crippen LogP contribution in [0.5, 0.6) is 0 Å². The van der Waals surface area contributed by atoms with Crippen LogP contribution in [0.4, 0.5) is 11.4 Å². The first-order valence-electron chi connectivity index (χ1n) is 10.2. The Bertz CT molecular complexity index is 1170. The zero-order chi connectivity index (χ0) is 22.6. The molecule has 0 saturated carbocycles. The van der Waals surface area contributed by atoms with Crippen LogP contribution in [0.3, 0.4) is 0 Å². The summed E-state index contributed by atoms with van der Waals surface area (Å²) in [6, 6.07) is 20.4. The molecule has 6 heteroatoms. The average Bonchev–Trinajstić information content (AvgIpc) is 2.74. The van der Waals surface area contributed by atoms with Gasteiger partial charge in [0, 0.05) is 11.3 Å². The number of anilines is 2. The van der Waals surface area contributed by atoms with Crippen molar-refractivity contribution in [2.45, 2.75) is 33.7 Å². The van der Waals surface area contributed by atoms with Gasteiger partial charge in [-0.2, -0.15) is 0 Å². The zero-order valence-electron chi connectivity index (χ0n) is 18.3. The van der Waals surface area contributed by atoms with Gasteiger partial charge in [-0.25, -0.2) is 8.42 Å². The molecule has 0 bridgehead atoms. The molecule has 0 radical (unpaired) electrons. The van der Waals surface area contributed by atoms with E-state index in [0.29, 0.717) is 11.3 Å². The van der Waals surface area contributed by atoms with Crippen molar-refractivity contribution in [3.8, 4) is 0 Å². The van der Waals surface area contributed by atoms with Crippen LogP contribution in [0, 0.1) is 13.8 Å². The Morgan fingerprint density at radius 1 is 0.871 bits per heavy atom. The molecule has 0 aromatic heterocycles. The quantitative estimate of drug-likeness (QED) is 0.561. The lowest BCUT2D eigenvalue weighted by Gasteiger charge is -2.23. The Kier molecular flexibility index (Phi) is 6.81. The first-order valence-corrected chi connectivity index (χ1v) is 12.1. The van der Waals surface area contributed by atoms with Crippen molar-refractivity contribution < 1.29 is 13.2 Å². The monoisotopic (exact) mass is 436 g/mol. The van der Waals surface area contributed by atoms with Gasteiger partial charge in [-0.3, -0.25) is 9.10 Å². The highest BCUT2D eigenvalue weighted by molar-refractivity contribution is 7.92. The fourth-order valence-corrected chi connectivity index (χ4v) is 4.12. The second kappa shape index (κ2) is 9.35. The van der Waals surface area contributed by atoms with Gasteiger partial charge in [0.1, 0.15) is 0 Å². The average molecular weight is 437 g/mol. The van der Waals surface area contributed by atoms with Crippen molar-refractivity contribution in [3.63, 3.8) is 0 Å². The molecule has 0 unspecified atom stereocenters. The summed E-state index contributed by atoms with van der Waals surface area (Å²) in [7, 11) is -3.46. The number of nitrogens with zero attached hydrogens (tertiary/aromatic N) is 1.